The minimum atomic E-state index is 0.0709. The van der Waals surface area contributed by atoms with E-state index in [1.165, 1.54) is 38.5 Å². The molecule has 3 nitrogen and oxygen atoms in total. The Morgan fingerprint density at radius 2 is 1.72 bits per heavy atom. The number of aryl methyl sites for hydroxylation is 1. The van der Waals surface area contributed by atoms with Gasteiger partial charge in [-0.15, -0.1) is 0 Å². The number of fused-ring (bicyclic) bond motifs is 1. The number of nitrogens with two attached hydrogens (primary N) is 2. The smallest absolute Gasteiger partial charge is 0.0316 e. The van der Waals surface area contributed by atoms with Gasteiger partial charge >= 0.3 is 0 Å². The van der Waals surface area contributed by atoms with E-state index in [4.69, 9.17) is 11.5 Å². The molecule has 0 spiro atoms. The third-order valence-corrected chi connectivity index (χ3v) is 7.72. The average Bonchev–Trinajstić information content (AvgIpc) is 2.79. The summed E-state index contributed by atoms with van der Waals surface area (Å²) in [7, 11) is 0. The van der Waals surface area contributed by atoms with E-state index in [1.807, 2.05) is 0 Å². The third kappa shape index (κ3) is 4.10. The summed E-state index contributed by atoms with van der Waals surface area (Å²) in [6.45, 7) is 2.34. The molecule has 0 fully saturated rings. The summed E-state index contributed by atoms with van der Waals surface area (Å²) in [5, 5.41) is 4.09. The summed E-state index contributed by atoms with van der Waals surface area (Å²) in [5.41, 5.74) is 18.8. The highest BCUT2D eigenvalue weighted by Gasteiger charge is 2.48. The van der Waals surface area contributed by atoms with Gasteiger partial charge in [0.2, 0.25) is 0 Å². The zero-order chi connectivity index (χ0) is 20.1. The van der Waals surface area contributed by atoms with E-state index in [0.717, 1.165) is 38.8 Å². The highest BCUT2D eigenvalue weighted by molar-refractivity contribution is 5.39. The van der Waals surface area contributed by atoms with Gasteiger partial charge in [0.25, 0.3) is 0 Å². The van der Waals surface area contributed by atoms with Crippen LogP contribution in [-0.2, 0) is 6.42 Å². The van der Waals surface area contributed by atoms with E-state index in [-0.39, 0.29) is 5.54 Å². The fourth-order valence-corrected chi connectivity index (χ4v) is 6.54. The van der Waals surface area contributed by atoms with Gasteiger partial charge in [-0.1, -0.05) is 47.6 Å². The van der Waals surface area contributed by atoms with Crippen LogP contribution in [-0.4, -0.2) is 25.2 Å². The Morgan fingerprint density at radius 3 is 2.59 bits per heavy atom. The maximum atomic E-state index is 6.07. The van der Waals surface area contributed by atoms with Crippen molar-refractivity contribution in [2.45, 2.75) is 75.7 Å². The molecule has 0 aliphatic heterocycles. The fraction of sp³-hybridized carbons (Fsp3) is 0.615. The molecule has 158 valence electrons. The maximum absolute atomic E-state index is 6.07. The Morgan fingerprint density at radius 1 is 0.931 bits per heavy atom. The van der Waals surface area contributed by atoms with Gasteiger partial charge in [0, 0.05) is 24.5 Å². The molecule has 29 heavy (non-hydrogen) atoms. The zero-order valence-electron chi connectivity index (χ0n) is 18.0. The fourth-order valence-electron chi connectivity index (χ4n) is 6.54. The predicted molar refractivity (Wildman–Crippen MR) is 123 cm³/mol. The predicted octanol–water partition coefficient (Wildman–Crippen LogP) is 4.58. The Bertz CT molecular complexity index is 740. The quantitative estimate of drug-likeness (QED) is 0.567. The van der Waals surface area contributed by atoms with Crippen LogP contribution in [0.1, 0.15) is 74.8 Å². The minimum absolute atomic E-state index is 0.0709. The van der Waals surface area contributed by atoms with Gasteiger partial charge in [0.1, 0.15) is 0 Å². The van der Waals surface area contributed by atoms with Crippen molar-refractivity contribution in [3.8, 4) is 0 Å². The first-order chi connectivity index (χ1) is 14.3. The number of hydrogen-bond acceptors (Lipinski definition) is 3. The molecule has 1 aromatic rings. The molecule has 0 amide bonds. The van der Waals surface area contributed by atoms with Crippen LogP contribution in [0.5, 0.6) is 0 Å². The van der Waals surface area contributed by atoms with Crippen LogP contribution in [0.3, 0.4) is 0 Å². The largest absolute Gasteiger partial charge is 0.330 e. The molecular weight excluding hydrogens is 354 g/mol. The highest BCUT2D eigenvalue weighted by Crippen LogP contribution is 2.51. The van der Waals surface area contributed by atoms with Crippen molar-refractivity contribution in [1.82, 2.24) is 5.32 Å². The molecule has 0 aromatic heterocycles. The van der Waals surface area contributed by atoms with Crippen molar-refractivity contribution < 1.29 is 0 Å². The lowest BCUT2D eigenvalue weighted by molar-refractivity contribution is 0.143. The maximum Gasteiger partial charge on any atom is 0.0316 e. The molecule has 0 radical (unpaired) electrons. The lowest BCUT2D eigenvalue weighted by Crippen LogP contribution is -2.58. The van der Waals surface area contributed by atoms with Gasteiger partial charge in [-0.25, -0.2) is 0 Å². The number of hydrogen-bond donors (Lipinski definition) is 3. The molecule has 3 unspecified atom stereocenters. The summed E-state index contributed by atoms with van der Waals surface area (Å²) in [5.74, 6) is 1.15. The number of allylic oxidation sites excluding steroid dienone is 3. The molecule has 3 aliphatic rings. The molecule has 5 N–H and O–H groups in total. The van der Waals surface area contributed by atoms with Gasteiger partial charge in [0.05, 0.1) is 0 Å². The van der Waals surface area contributed by atoms with Crippen molar-refractivity contribution >= 4 is 0 Å². The van der Waals surface area contributed by atoms with Crippen LogP contribution in [0.2, 0.25) is 0 Å². The van der Waals surface area contributed by atoms with Crippen molar-refractivity contribution in [3.05, 3.63) is 58.7 Å². The first kappa shape index (κ1) is 20.8. The zero-order valence-corrected chi connectivity index (χ0v) is 18.0. The molecule has 4 rings (SSSR count). The van der Waals surface area contributed by atoms with Gasteiger partial charge in [0.15, 0.2) is 0 Å². The van der Waals surface area contributed by atoms with Crippen molar-refractivity contribution in [3.63, 3.8) is 0 Å². The van der Waals surface area contributed by atoms with Crippen LogP contribution in [0.15, 0.2) is 47.6 Å². The van der Waals surface area contributed by atoms with Crippen LogP contribution in [0.25, 0.3) is 0 Å². The van der Waals surface area contributed by atoms with Gasteiger partial charge < -0.3 is 16.8 Å². The van der Waals surface area contributed by atoms with Crippen molar-refractivity contribution in [2.75, 3.05) is 19.6 Å². The second kappa shape index (κ2) is 9.59. The summed E-state index contributed by atoms with van der Waals surface area (Å²) >= 11 is 0. The second-order valence-electron chi connectivity index (χ2n) is 9.24. The SMILES string of the molecule is NCCCC(NCCN)(C1CCCC2=C1CC=CC2)C1CCCc2ccccc21. The van der Waals surface area contributed by atoms with Crippen LogP contribution < -0.4 is 16.8 Å². The van der Waals surface area contributed by atoms with Crippen LogP contribution in [0.4, 0.5) is 0 Å². The summed E-state index contributed by atoms with van der Waals surface area (Å²) in [6.07, 6.45) is 17.0. The van der Waals surface area contributed by atoms with E-state index >= 15 is 0 Å². The number of rotatable bonds is 8. The molecule has 1 aromatic carbocycles. The molecule has 3 atom stereocenters. The number of nitrogens with one attached hydrogen (secondary N) is 1. The standard InChI is InChI=1S/C26H39N3/c27-17-7-16-26(29-19-18-28,24-14-5-10-20-8-1-3-12-22(20)24)25-15-6-11-21-9-2-4-13-23(21)25/h1-4,8,12,24-25,29H,5-7,9-11,13-19,27-28H2. The Hall–Kier alpha value is -1.42. The molecule has 0 saturated carbocycles. The van der Waals surface area contributed by atoms with E-state index < -0.39 is 0 Å². The summed E-state index contributed by atoms with van der Waals surface area (Å²) in [6, 6.07) is 9.21. The van der Waals surface area contributed by atoms with Crippen molar-refractivity contribution in [1.29, 1.82) is 0 Å². The lowest BCUT2D eigenvalue weighted by atomic mass is 9.58. The number of benzene rings is 1. The lowest BCUT2D eigenvalue weighted by Gasteiger charge is -2.52. The van der Waals surface area contributed by atoms with E-state index in [0.29, 0.717) is 18.4 Å². The highest BCUT2D eigenvalue weighted by atomic mass is 15.0. The van der Waals surface area contributed by atoms with Crippen LogP contribution in [0, 0.1) is 5.92 Å². The first-order valence-corrected chi connectivity index (χ1v) is 11.9. The Kier molecular flexibility index (Phi) is 6.89. The minimum Gasteiger partial charge on any atom is -0.330 e. The normalized spacial score (nSPS) is 26.0. The van der Waals surface area contributed by atoms with E-state index in [9.17, 15) is 0 Å². The Balaban J connectivity index is 1.81. The third-order valence-electron chi connectivity index (χ3n) is 7.72. The first-order valence-electron chi connectivity index (χ1n) is 11.9. The molecule has 3 heteroatoms. The van der Waals surface area contributed by atoms with Crippen LogP contribution >= 0.6 is 0 Å². The molecule has 3 aliphatic carbocycles. The van der Waals surface area contributed by atoms with Gasteiger partial charge in [-0.05, 0) is 87.8 Å². The van der Waals surface area contributed by atoms with Gasteiger partial charge in [-0.3, -0.25) is 0 Å². The molecule has 0 bridgehead atoms. The Labute approximate surface area is 177 Å². The molecular formula is C26H39N3. The van der Waals surface area contributed by atoms with Crippen molar-refractivity contribution in [2.24, 2.45) is 17.4 Å². The van der Waals surface area contributed by atoms with Gasteiger partial charge in [-0.2, -0.15) is 0 Å². The summed E-state index contributed by atoms with van der Waals surface area (Å²) in [4.78, 5) is 0. The summed E-state index contributed by atoms with van der Waals surface area (Å²) < 4.78 is 0. The topological polar surface area (TPSA) is 64.1 Å². The second-order valence-corrected chi connectivity index (χ2v) is 9.24. The van der Waals surface area contributed by atoms with E-state index in [1.54, 1.807) is 22.3 Å². The monoisotopic (exact) mass is 393 g/mol. The van der Waals surface area contributed by atoms with E-state index in [2.05, 4.69) is 41.7 Å². The average molecular weight is 394 g/mol. The molecule has 0 saturated heterocycles. The molecule has 0 heterocycles.